The van der Waals surface area contributed by atoms with Crippen molar-refractivity contribution in [3.05, 3.63) is 101 Å². The third-order valence-corrected chi connectivity index (χ3v) is 6.12. The molecule has 1 amide bonds. The molecule has 1 aliphatic heterocycles. The van der Waals surface area contributed by atoms with Crippen LogP contribution in [0.5, 0.6) is 0 Å². The van der Waals surface area contributed by atoms with Crippen LogP contribution in [-0.4, -0.2) is 61.5 Å². The van der Waals surface area contributed by atoms with Gasteiger partial charge in [0.15, 0.2) is 0 Å². The molecule has 0 unspecified atom stereocenters. The van der Waals surface area contributed by atoms with Crippen molar-refractivity contribution in [3.63, 3.8) is 0 Å². The highest BCUT2D eigenvalue weighted by Gasteiger charge is 2.27. The van der Waals surface area contributed by atoms with E-state index in [1.54, 1.807) is 48.5 Å². The van der Waals surface area contributed by atoms with E-state index in [-0.39, 0.29) is 30.1 Å². The molecular formula is C27H27F2N3O3. The lowest BCUT2D eigenvalue weighted by Crippen LogP contribution is -2.49. The van der Waals surface area contributed by atoms with E-state index in [4.69, 9.17) is 4.74 Å². The maximum absolute atomic E-state index is 13.5. The van der Waals surface area contributed by atoms with Gasteiger partial charge in [-0.3, -0.25) is 14.6 Å². The zero-order valence-electron chi connectivity index (χ0n) is 19.4. The topological polar surface area (TPSA) is 61.9 Å². The molecule has 0 saturated carbocycles. The summed E-state index contributed by atoms with van der Waals surface area (Å²) in [5.41, 5.74) is 2.55. The number of para-hydroxylation sites is 1. The van der Waals surface area contributed by atoms with E-state index in [9.17, 15) is 18.4 Å². The summed E-state index contributed by atoms with van der Waals surface area (Å²) in [5, 5.41) is 2.80. The van der Waals surface area contributed by atoms with Crippen LogP contribution >= 0.6 is 0 Å². The van der Waals surface area contributed by atoms with Crippen LogP contribution in [0.3, 0.4) is 0 Å². The molecule has 1 saturated heterocycles. The number of esters is 1. The number of carbonyl (C=O) groups excluding carboxylic acids is 2. The van der Waals surface area contributed by atoms with E-state index < -0.39 is 5.97 Å². The van der Waals surface area contributed by atoms with E-state index in [0.29, 0.717) is 37.4 Å². The Morgan fingerprint density at radius 1 is 0.857 bits per heavy atom. The van der Waals surface area contributed by atoms with Gasteiger partial charge in [0.2, 0.25) is 5.91 Å². The summed E-state index contributed by atoms with van der Waals surface area (Å²) < 4.78 is 31.8. The van der Waals surface area contributed by atoms with Crippen LogP contribution in [0, 0.1) is 11.6 Å². The zero-order chi connectivity index (χ0) is 24.8. The van der Waals surface area contributed by atoms with E-state index in [1.807, 2.05) is 4.90 Å². The highest BCUT2D eigenvalue weighted by atomic mass is 19.1. The second-order valence-corrected chi connectivity index (χ2v) is 8.40. The first kappa shape index (κ1) is 24.5. The molecule has 3 aromatic carbocycles. The molecule has 35 heavy (non-hydrogen) atoms. The van der Waals surface area contributed by atoms with Gasteiger partial charge >= 0.3 is 5.97 Å². The predicted molar refractivity (Wildman–Crippen MR) is 129 cm³/mol. The fourth-order valence-corrected chi connectivity index (χ4v) is 4.36. The van der Waals surface area contributed by atoms with Crippen molar-refractivity contribution in [2.24, 2.45) is 0 Å². The van der Waals surface area contributed by atoms with Gasteiger partial charge in [0.25, 0.3) is 0 Å². The molecule has 8 heteroatoms. The third kappa shape index (κ3) is 6.09. The normalized spacial score (nSPS) is 14.6. The summed E-state index contributed by atoms with van der Waals surface area (Å²) in [6.07, 6.45) is 0. The summed E-state index contributed by atoms with van der Waals surface area (Å²) in [7, 11) is 1.30. The molecule has 0 spiro atoms. The highest BCUT2D eigenvalue weighted by Crippen LogP contribution is 2.30. The van der Waals surface area contributed by atoms with Crippen LogP contribution in [0.15, 0.2) is 72.8 Å². The summed E-state index contributed by atoms with van der Waals surface area (Å²) in [6.45, 7) is 2.81. The van der Waals surface area contributed by atoms with Crippen molar-refractivity contribution in [3.8, 4) is 0 Å². The predicted octanol–water partition coefficient (Wildman–Crippen LogP) is 4.10. The minimum Gasteiger partial charge on any atom is -0.465 e. The average molecular weight is 480 g/mol. The Morgan fingerprint density at radius 2 is 1.40 bits per heavy atom. The van der Waals surface area contributed by atoms with E-state index in [0.717, 1.165) is 11.1 Å². The molecule has 3 aromatic rings. The van der Waals surface area contributed by atoms with Gasteiger partial charge in [0.1, 0.15) is 11.6 Å². The van der Waals surface area contributed by atoms with Gasteiger partial charge in [-0.05, 0) is 47.5 Å². The Morgan fingerprint density at radius 3 is 1.94 bits per heavy atom. The molecule has 182 valence electrons. The molecule has 0 atom stereocenters. The molecule has 4 rings (SSSR count). The Balaban J connectivity index is 1.41. The monoisotopic (exact) mass is 479 g/mol. The lowest BCUT2D eigenvalue weighted by Gasteiger charge is -2.39. The molecule has 0 bridgehead atoms. The van der Waals surface area contributed by atoms with Crippen LogP contribution in [0.1, 0.15) is 27.5 Å². The molecule has 1 fully saturated rings. The molecule has 0 aromatic heterocycles. The molecule has 6 nitrogen and oxygen atoms in total. The van der Waals surface area contributed by atoms with Gasteiger partial charge in [-0.1, -0.05) is 36.4 Å². The standard InChI is InChI=1S/C27H27F2N3O3/c1-35-27(34)23-4-2-3-5-24(23)30-25(33)18-31-14-16-32(17-15-31)26(19-6-10-21(28)11-7-19)20-8-12-22(29)13-9-20/h2-13,26H,14-18H2,1H3,(H,30,33). The minimum absolute atomic E-state index is 0.154. The molecular weight excluding hydrogens is 452 g/mol. The first-order valence-corrected chi connectivity index (χ1v) is 11.4. The summed E-state index contributed by atoms with van der Waals surface area (Å²) >= 11 is 0. The van der Waals surface area contributed by atoms with E-state index in [2.05, 4.69) is 10.2 Å². The fourth-order valence-electron chi connectivity index (χ4n) is 4.36. The number of hydrogen-bond acceptors (Lipinski definition) is 5. The van der Waals surface area contributed by atoms with Crippen LogP contribution < -0.4 is 5.32 Å². The number of ether oxygens (including phenoxy) is 1. The van der Waals surface area contributed by atoms with Crippen molar-refractivity contribution >= 4 is 17.6 Å². The van der Waals surface area contributed by atoms with Crippen LogP contribution in [-0.2, 0) is 9.53 Å². The number of nitrogens with zero attached hydrogens (tertiary/aromatic N) is 2. The first-order chi connectivity index (χ1) is 16.9. The zero-order valence-corrected chi connectivity index (χ0v) is 19.4. The first-order valence-electron chi connectivity index (χ1n) is 11.4. The number of halogens is 2. The maximum Gasteiger partial charge on any atom is 0.339 e. The summed E-state index contributed by atoms with van der Waals surface area (Å²) in [4.78, 5) is 28.9. The molecule has 0 aliphatic carbocycles. The Labute approximate surface area is 203 Å². The Bertz CT molecular complexity index is 1120. The van der Waals surface area contributed by atoms with Gasteiger partial charge < -0.3 is 10.1 Å². The molecule has 1 aliphatic rings. The number of hydrogen-bond donors (Lipinski definition) is 1. The number of amides is 1. The van der Waals surface area contributed by atoms with Gasteiger partial charge in [0, 0.05) is 26.2 Å². The van der Waals surface area contributed by atoms with Gasteiger partial charge in [-0.15, -0.1) is 0 Å². The third-order valence-electron chi connectivity index (χ3n) is 6.12. The van der Waals surface area contributed by atoms with Gasteiger partial charge in [-0.25, -0.2) is 13.6 Å². The van der Waals surface area contributed by atoms with Crippen molar-refractivity contribution in [2.75, 3.05) is 45.2 Å². The quantitative estimate of drug-likeness (QED) is 0.517. The minimum atomic E-state index is -0.512. The van der Waals surface area contributed by atoms with E-state index in [1.165, 1.54) is 31.4 Å². The molecule has 0 radical (unpaired) electrons. The Hall–Kier alpha value is -3.62. The van der Waals surface area contributed by atoms with Gasteiger partial charge in [0.05, 0.1) is 30.9 Å². The molecule has 1 N–H and O–H groups in total. The highest BCUT2D eigenvalue weighted by molar-refractivity contribution is 6.01. The van der Waals surface area contributed by atoms with Crippen LogP contribution in [0.2, 0.25) is 0 Å². The van der Waals surface area contributed by atoms with Crippen molar-refractivity contribution in [2.45, 2.75) is 6.04 Å². The van der Waals surface area contributed by atoms with Crippen LogP contribution in [0.4, 0.5) is 14.5 Å². The fraction of sp³-hybridized carbons (Fsp3) is 0.259. The van der Waals surface area contributed by atoms with Crippen molar-refractivity contribution < 1.29 is 23.1 Å². The number of benzene rings is 3. The number of rotatable bonds is 7. The number of anilines is 1. The number of methoxy groups -OCH3 is 1. The molecule has 1 heterocycles. The van der Waals surface area contributed by atoms with Crippen LogP contribution in [0.25, 0.3) is 0 Å². The lowest BCUT2D eigenvalue weighted by molar-refractivity contribution is -0.117. The largest absolute Gasteiger partial charge is 0.465 e. The SMILES string of the molecule is COC(=O)c1ccccc1NC(=O)CN1CCN(C(c2ccc(F)cc2)c2ccc(F)cc2)CC1. The van der Waals surface area contributed by atoms with Crippen molar-refractivity contribution in [1.82, 2.24) is 9.80 Å². The maximum atomic E-state index is 13.5. The smallest absolute Gasteiger partial charge is 0.339 e. The Kier molecular flexibility index (Phi) is 7.84. The van der Waals surface area contributed by atoms with E-state index >= 15 is 0 Å². The summed E-state index contributed by atoms with van der Waals surface area (Å²) in [5.74, 6) is -1.35. The second kappa shape index (κ2) is 11.2. The number of nitrogens with one attached hydrogen (secondary N) is 1. The van der Waals surface area contributed by atoms with Crippen molar-refractivity contribution in [1.29, 1.82) is 0 Å². The number of carbonyl (C=O) groups is 2. The summed E-state index contributed by atoms with van der Waals surface area (Å²) in [6, 6.07) is 19.3. The second-order valence-electron chi connectivity index (χ2n) is 8.40. The lowest BCUT2D eigenvalue weighted by atomic mass is 9.96. The number of piperazine rings is 1. The average Bonchev–Trinajstić information content (AvgIpc) is 2.87. The van der Waals surface area contributed by atoms with Gasteiger partial charge in [-0.2, -0.15) is 0 Å².